The minimum absolute atomic E-state index is 0.578. The van der Waals surface area contributed by atoms with Crippen LogP contribution in [0.4, 0.5) is 5.95 Å². The standard InChI is InChI=1S/C13H20BrN3O/c1-3-17(10-7-5-4-6-8-10)13-15-9-11(14)12(16-13)18-2/h9-10H,3-8H2,1-2H3. The highest BCUT2D eigenvalue weighted by molar-refractivity contribution is 9.10. The van der Waals surface area contributed by atoms with Gasteiger partial charge in [0.2, 0.25) is 11.8 Å². The summed E-state index contributed by atoms with van der Waals surface area (Å²) < 4.78 is 6.04. The average molecular weight is 314 g/mol. The molecule has 0 aliphatic heterocycles. The maximum Gasteiger partial charge on any atom is 0.232 e. The largest absolute Gasteiger partial charge is 0.480 e. The Morgan fingerprint density at radius 2 is 2.11 bits per heavy atom. The van der Waals surface area contributed by atoms with Crippen LogP contribution in [0.25, 0.3) is 0 Å². The second kappa shape index (κ2) is 6.36. The summed E-state index contributed by atoms with van der Waals surface area (Å²) >= 11 is 3.39. The van der Waals surface area contributed by atoms with Crippen LogP contribution in [-0.4, -0.2) is 29.7 Å². The number of ether oxygens (including phenoxy) is 1. The van der Waals surface area contributed by atoms with Gasteiger partial charge in [0.05, 0.1) is 17.8 Å². The average Bonchev–Trinajstić information content (AvgIpc) is 2.42. The molecule has 1 aromatic heterocycles. The molecule has 1 heterocycles. The highest BCUT2D eigenvalue weighted by Gasteiger charge is 2.22. The molecule has 100 valence electrons. The van der Waals surface area contributed by atoms with Gasteiger partial charge in [0.15, 0.2) is 0 Å². The summed E-state index contributed by atoms with van der Waals surface area (Å²) in [5, 5.41) is 0. The third-order valence-corrected chi connectivity index (χ3v) is 4.05. The van der Waals surface area contributed by atoms with Gasteiger partial charge in [-0.2, -0.15) is 4.98 Å². The van der Waals surface area contributed by atoms with Crippen LogP contribution in [-0.2, 0) is 0 Å². The van der Waals surface area contributed by atoms with Crippen LogP contribution in [0.15, 0.2) is 10.7 Å². The first kappa shape index (κ1) is 13.6. The molecule has 1 fully saturated rings. The normalized spacial score (nSPS) is 16.6. The number of rotatable bonds is 4. The number of hydrogen-bond donors (Lipinski definition) is 0. The maximum absolute atomic E-state index is 5.24. The zero-order valence-corrected chi connectivity index (χ0v) is 12.6. The maximum atomic E-state index is 5.24. The van der Waals surface area contributed by atoms with Gasteiger partial charge in [0, 0.05) is 12.6 Å². The van der Waals surface area contributed by atoms with Crippen molar-refractivity contribution < 1.29 is 4.74 Å². The van der Waals surface area contributed by atoms with E-state index in [-0.39, 0.29) is 0 Å². The van der Waals surface area contributed by atoms with Gasteiger partial charge in [0.1, 0.15) is 0 Å². The van der Waals surface area contributed by atoms with Crippen LogP contribution in [0.3, 0.4) is 0 Å². The number of halogens is 1. The summed E-state index contributed by atoms with van der Waals surface area (Å²) in [5.41, 5.74) is 0. The van der Waals surface area contributed by atoms with Crippen LogP contribution in [0.2, 0.25) is 0 Å². The molecular formula is C13H20BrN3O. The zero-order chi connectivity index (χ0) is 13.0. The minimum Gasteiger partial charge on any atom is -0.480 e. The molecular weight excluding hydrogens is 294 g/mol. The van der Waals surface area contributed by atoms with Crippen molar-refractivity contribution in [1.29, 1.82) is 0 Å². The molecule has 2 rings (SSSR count). The van der Waals surface area contributed by atoms with Crippen molar-refractivity contribution in [3.63, 3.8) is 0 Å². The molecule has 1 aliphatic carbocycles. The molecule has 18 heavy (non-hydrogen) atoms. The summed E-state index contributed by atoms with van der Waals surface area (Å²) in [6.07, 6.45) is 8.25. The van der Waals surface area contributed by atoms with Gasteiger partial charge in [-0.3, -0.25) is 0 Å². The van der Waals surface area contributed by atoms with Crippen LogP contribution in [0.1, 0.15) is 39.0 Å². The van der Waals surface area contributed by atoms with Crippen LogP contribution in [0.5, 0.6) is 5.88 Å². The van der Waals surface area contributed by atoms with E-state index in [1.165, 1.54) is 32.1 Å². The Kier molecular flexibility index (Phi) is 4.80. The summed E-state index contributed by atoms with van der Waals surface area (Å²) in [5.74, 6) is 1.39. The summed E-state index contributed by atoms with van der Waals surface area (Å²) in [4.78, 5) is 11.2. The summed E-state index contributed by atoms with van der Waals surface area (Å²) in [6, 6.07) is 0.578. The van der Waals surface area contributed by atoms with Crippen LogP contribution >= 0.6 is 15.9 Å². The van der Waals surface area contributed by atoms with Crippen molar-refractivity contribution in [2.45, 2.75) is 45.1 Å². The van der Waals surface area contributed by atoms with Gasteiger partial charge in [-0.25, -0.2) is 4.98 Å². The summed E-state index contributed by atoms with van der Waals surface area (Å²) in [7, 11) is 1.63. The van der Waals surface area contributed by atoms with Gasteiger partial charge in [-0.1, -0.05) is 19.3 Å². The van der Waals surface area contributed by atoms with E-state index < -0.39 is 0 Å². The Labute approximate surface area is 117 Å². The molecule has 0 spiro atoms. The van der Waals surface area contributed by atoms with Crippen molar-refractivity contribution in [3.8, 4) is 5.88 Å². The monoisotopic (exact) mass is 313 g/mol. The van der Waals surface area contributed by atoms with Crippen molar-refractivity contribution in [2.24, 2.45) is 0 Å². The first-order valence-electron chi connectivity index (χ1n) is 6.59. The first-order valence-corrected chi connectivity index (χ1v) is 7.38. The zero-order valence-electron chi connectivity index (χ0n) is 11.0. The smallest absolute Gasteiger partial charge is 0.232 e. The fourth-order valence-electron chi connectivity index (χ4n) is 2.58. The highest BCUT2D eigenvalue weighted by Crippen LogP contribution is 2.28. The van der Waals surface area contributed by atoms with E-state index in [0.29, 0.717) is 11.9 Å². The molecule has 0 saturated heterocycles. The molecule has 0 radical (unpaired) electrons. The Morgan fingerprint density at radius 3 is 2.72 bits per heavy atom. The number of anilines is 1. The Morgan fingerprint density at radius 1 is 1.39 bits per heavy atom. The third kappa shape index (κ3) is 2.94. The van der Waals surface area contributed by atoms with Crippen molar-refractivity contribution in [1.82, 2.24) is 9.97 Å². The van der Waals surface area contributed by atoms with Gasteiger partial charge in [-0.05, 0) is 35.7 Å². The molecule has 0 atom stereocenters. The van der Waals surface area contributed by atoms with E-state index in [0.717, 1.165) is 17.0 Å². The van der Waals surface area contributed by atoms with Crippen molar-refractivity contribution >= 4 is 21.9 Å². The van der Waals surface area contributed by atoms with Gasteiger partial charge in [0.25, 0.3) is 0 Å². The van der Waals surface area contributed by atoms with Gasteiger partial charge < -0.3 is 9.64 Å². The van der Waals surface area contributed by atoms with E-state index in [1.54, 1.807) is 13.3 Å². The van der Waals surface area contributed by atoms with Crippen molar-refractivity contribution in [2.75, 3.05) is 18.6 Å². The molecule has 0 unspecified atom stereocenters. The quantitative estimate of drug-likeness (QED) is 0.854. The minimum atomic E-state index is 0.578. The molecule has 0 amide bonds. The van der Waals surface area contributed by atoms with E-state index >= 15 is 0 Å². The van der Waals surface area contributed by atoms with Gasteiger partial charge >= 0.3 is 0 Å². The fraction of sp³-hybridized carbons (Fsp3) is 0.692. The first-order chi connectivity index (χ1) is 8.76. The lowest BCUT2D eigenvalue weighted by molar-refractivity contribution is 0.388. The number of nitrogens with zero attached hydrogens (tertiary/aromatic N) is 3. The fourth-order valence-corrected chi connectivity index (χ4v) is 2.93. The number of aromatic nitrogens is 2. The lowest BCUT2D eigenvalue weighted by Crippen LogP contribution is -2.37. The Bertz CT molecular complexity index is 394. The second-order valence-electron chi connectivity index (χ2n) is 4.61. The molecule has 0 aromatic carbocycles. The lowest BCUT2D eigenvalue weighted by atomic mass is 9.94. The Hall–Kier alpha value is -0.840. The highest BCUT2D eigenvalue weighted by atomic mass is 79.9. The van der Waals surface area contributed by atoms with E-state index in [2.05, 4.69) is 37.7 Å². The molecule has 0 bridgehead atoms. The molecule has 1 saturated carbocycles. The SMILES string of the molecule is CCN(c1ncc(Br)c(OC)n1)C1CCCCC1. The molecule has 1 aromatic rings. The topological polar surface area (TPSA) is 38.2 Å². The molecule has 4 nitrogen and oxygen atoms in total. The molecule has 0 N–H and O–H groups in total. The van der Waals surface area contributed by atoms with E-state index in [4.69, 9.17) is 4.74 Å². The summed E-state index contributed by atoms with van der Waals surface area (Å²) in [6.45, 7) is 3.10. The third-order valence-electron chi connectivity index (χ3n) is 3.51. The van der Waals surface area contributed by atoms with Gasteiger partial charge in [-0.15, -0.1) is 0 Å². The van der Waals surface area contributed by atoms with Crippen molar-refractivity contribution in [3.05, 3.63) is 10.7 Å². The van der Waals surface area contributed by atoms with E-state index in [9.17, 15) is 0 Å². The Balaban J connectivity index is 2.20. The predicted octanol–water partition coefficient (Wildman–Crippen LogP) is 3.41. The van der Waals surface area contributed by atoms with Crippen LogP contribution < -0.4 is 9.64 Å². The second-order valence-corrected chi connectivity index (χ2v) is 5.46. The van der Waals surface area contributed by atoms with E-state index in [1.807, 2.05) is 0 Å². The number of methoxy groups -OCH3 is 1. The lowest BCUT2D eigenvalue weighted by Gasteiger charge is -2.33. The molecule has 5 heteroatoms. The molecule has 1 aliphatic rings. The predicted molar refractivity (Wildman–Crippen MR) is 76.2 cm³/mol. The number of hydrogen-bond acceptors (Lipinski definition) is 4. The van der Waals surface area contributed by atoms with Crippen LogP contribution in [0, 0.1) is 0 Å².